The number of ether oxygens (including phenoxy) is 4. The molecule has 0 aliphatic rings. The number of nitrogens with one attached hydrogen (secondary N) is 2. The highest BCUT2D eigenvalue weighted by Gasteiger charge is 2.25. The molecule has 0 heterocycles. The van der Waals surface area contributed by atoms with Gasteiger partial charge >= 0.3 is 12.2 Å². The van der Waals surface area contributed by atoms with Crippen molar-refractivity contribution < 1.29 is 52.5 Å². The van der Waals surface area contributed by atoms with E-state index in [2.05, 4.69) is 5.32 Å². The summed E-state index contributed by atoms with van der Waals surface area (Å²) in [5.41, 5.74) is 2.76. The number of halogens is 4. The second kappa shape index (κ2) is 29.6. The summed E-state index contributed by atoms with van der Waals surface area (Å²) in [4.78, 5) is 83.5. The zero-order valence-corrected chi connectivity index (χ0v) is 45.1. The smallest absolute Gasteiger partial charge is 0.414 e. The van der Waals surface area contributed by atoms with Gasteiger partial charge in [-0.3, -0.25) is 34.6 Å². The summed E-state index contributed by atoms with van der Waals surface area (Å²) in [5.74, 6) is -1.31. The molecule has 17 heteroatoms. The number of aldehydes is 1. The molecule has 0 spiro atoms. The van der Waals surface area contributed by atoms with E-state index in [1.54, 1.807) is 126 Å². The van der Waals surface area contributed by atoms with Crippen LogP contribution in [0.3, 0.4) is 0 Å². The minimum Gasteiger partial charge on any atom is -0.487 e. The summed E-state index contributed by atoms with van der Waals surface area (Å²) >= 11 is 24.1. The van der Waals surface area contributed by atoms with Gasteiger partial charge in [-0.1, -0.05) is 137 Å². The molecule has 6 aromatic carbocycles. The van der Waals surface area contributed by atoms with E-state index >= 15 is 0 Å². The van der Waals surface area contributed by atoms with Crippen LogP contribution >= 0.6 is 46.4 Å². The largest absolute Gasteiger partial charge is 0.487 e. The van der Waals surface area contributed by atoms with Crippen LogP contribution in [0.2, 0.25) is 20.1 Å². The first-order valence-corrected chi connectivity index (χ1v) is 24.7. The number of rotatable bonds is 16. The van der Waals surface area contributed by atoms with Crippen LogP contribution in [0.1, 0.15) is 86.1 Å². The molecule has 75 heavy (non-hydrogen) atoms. The summed E-state index contributed by atoms with van der Waals surface area (Å²) in [7, 11) is 0. The van der Waals surface area contributed by atoms with Crippen molar-refractivity contribution in [3.8, 4) is 11.5 Å². The third kappa shape index (κ3) is 23.6. The molecule has 0 atom stereocenters. The van der Waals surface area contributed by atoms with Crippen molar-refractivity contribution in [3.63, 3.8) is 0 Å². The van der Waals surface area contributed by atoms with Crippen LogP contribution < -0.4 is 20.1 Å². The zero-order chi connectivity index (χ0) is 55.1. The molecule has 0 aliphatic carbocycles. The average molecular weight is 1100 g/mol. The zero-order valence-electron chi connectivity index (χ0n) is 42.0. The Bertz CT molecular complexity index is 2940. The standard InChI is InChI=1S/C29H27Cl2NO5.C15H18ClNO4.C14H11ClO2/c1-29(2,3)37-28(35)32-27(34)23(25(33)17-19-9-12-22(30)13-10-19)15-21-11-14-26(24(31)16-21)36-18-20-7-5-4-6-8-20;1-15(2,3)21-14(20)17-13(19)9-12(18)8-10-4-6-11(16)7-5-10;15-13-8-12(9-16)6-7-14(13)17-10-11-4-2-1-3-5-11/h4-16H,17-18H2,1-3H3,(H,32,34,35);4-7H,8-9H2,1-3H3,(H,17,19,20);1-9H,10H2. The maximum absolute atomic E-state index is 13.1. The molecular weight excluding hydrogens is 1040 g/mol. The number of hydrogen-bond acceptors (Lipinski definition) is 11. The SMILES string of the molecule is CC(C)(C)OC(=O)NC(=O)C(=Cc1ccc(OCc2ccccc2)c(Cl)c1)C(=O)Cc1ccc(Cl)cc1.CC(C)(C)OC(=O)NC(=O)CC(=O)Cc1ccc(Cl)cc1.O=Cc1ccc(OCc2ccccc2)c(Cl)c1. The minimum atomic E-state index is -0.953. The lowest BCUT2D eigenvalue weighted by molar-refractivity contribution is -0.128. The summed E-state index contributed by atoms with van der Waals surface area (Å²) < 4.78 is 21.4. The van der Waals surface area contributed by atoms with Crippen molar-refractivity contribution in [2.24, 2.45) is 0 Å². The van der Waals surface area contributed by atoms with E-state index in [1.165, 1.54) is 6.08 Å². The second-order valence-corrected chi connectivity index (χ2v) is 20.0. The molecule has 2 N–H and O–H groups in total. The van der Waals surface area contributed by atoms with Gasteiger partial charge in [0.05, 0.1) is 22.0 Å². The van der Waals surface area contributed by atoms with E-state index < -0.39 is 41.0 Å². The summed E-state index contributed by atoms with van der Waals surface area (Å²) in [6.45, 7) is 10.9. The Morgan fingerprint density at radius 2 is 0.933 bits per heavy atom. The van der Waals surface area contributed by atoms with Crippen LogP contribution in [0.5, 0.6) is 11.5 Å². The fraction of sp³-hybridized carbons (Fsp3) is 0.224. The fourth-order valence-corrected chi connectivity index (χ4v) is 6.96. The molecule has 6 aromatic rings. The maximum Gasteiger partial charge on any atom is 0.414 e. The number of benzene rings is 6. The summed E-state index contributed by atoms with van der Waals surface area (Å²) in [6, 6.07) is 42.8. The van der Waals surface area contributed by atoms with E-state index in [0.29, 0.717) is 61.5 Å². The molecule has 392 valence electrons. The highest BCUT2D eigenvalue weighted by Crippen LogP contribution is 2.28. The second-order valence-electron chi connectivity index (χ2n) is 18.4. The lowest BCUT2D eigenvalue weighted by Crippen LogP contribution is -2.38. The number of hydrogen-bond donors (Lipinski definition) is 2. The normalized spacial score (nSPS) is 11.0. The number of carbonyl (C=O) groups excluding carboxylic acids is 7. The van der Waals surface area contributed by atoms with Gasteiger partial charge in [-0.2, -0.15) is 0 Å². The minimum absolute atomic E-state index is 0.0727. The van der Waals surface area contributed by atoms with Crippen LogP contribution in [0.4, 0.5) is 9.59 Å². The van der Waals surface area contributed by atoms with Gasteiger partial charge < -0.3 is 18.9 Å². The Kier molecular flexibility index (Phi) is 23.8. The highest BCUT2D eigenvalue weighted by atomic mass is 35.5. The molecule has 6 rings (SSSR count). The number of imide groups is 2. The van der Waals surface area contributed by atoms with Crippen molar-refractivity contribution in [2.45, 2.75) is 85.2 Å². The van der Waals surface area contributed by atoms with Gasteiger partial charge in [0, 0.05) is 28.5 Å². The molecule has 0 fully saturated rings. The molecule has 0 bridgehead atoms. The van der Waals surface area contributed by atoms with Crippen LogP contribution in [0, 0.1) is 0 Å². The molecule has 4 amide bonds. The maximum atomic E-state index is 13.1. The Balaban J connectivity index is 0.000000269. The van der Waals surface area contributed by atoms with Gasteiger partial charge in [0.15, 0.2) is 5.78 Å². The quantitative estimate of drug-likeness (QED) is 0.0407. The monoisotopic (exact) mass is 1100 g/mol. The first-order valence-electron chi connectivity index (χ1n) is 23.2. The third-order valence-corrected chi connectivity index (χ3v) is 10.7. The molecule has 0 radical (unpaired) electrons. The number of amides is 4. The van der Waals surface area contributed by atoms with E-state index in [-0.39, 0.29) is 30.6 Å². The van der Waals surface area contributed by atoms with Gasteiger partial charge in [-0.15, -0.1) is 0 Å². The van der Waals surface area contributed by atoms with Crippen molar-refractivity contribution in [3.05, 3.63) is 205 Å². The number of Topliss-reactive ketones (excluding diaryl/α,β-unsaturated/α-hetero) is 2. The van der Waals surface area contributed by atoms with Gasteiger partial charge in [0.2, 0.25) is 5.91 Å². The fourth-order valence-electron chi connectivity index (χ4n) is 6.22. The lowest BCUT2D eigenvalue weighted by atomic mass is 10.00. The number of ketones is 2. The van der Waals surface area contributed by atoms with Gasteiger partial charge in [0.1, 0.15) is 48.0 Å². The van der Waals surface area contributed by atoms with E-state index in [9.17, 15) is 33.6 Å². The molecule has 0 aliphatic heterocycles. The molecule has 0 saturated heterocycles. The van der Waals surface area contributed by atoms with Gasteiger partial charge in [-0.25, -0.2) is 9.59 Å². The predicted octanol–water partition coefficient (Wildman–Crippen LogP) is 13.4. The Hall–Kier alpha value is -7.29. The van der Waals surface area contributed by atoms with Gasteiger partial charge in [-0.05, 0) is 130 Å². The first-order chi connectivity index (χ1) is 35.4. The first kappa shape index (κ1) is 60.3. The van der Waals surface area contributed by atoms with Crippen molar-refractivity contribution >= 4 is 94.3 Å². The average Bonchev–Trinajstić information content (AvgIpc) is 3.33. The van der Waals surface area contributed by atoms with E-state index in [0.717, 1.165) is 23.0 Å². The van der Waals surface area contributed by atoms with Crippen LogP contribution in [0.25, 0.3) is 6.08 Å². The van der Waals surface area contributed by atoms with Crippen LogP contribution in [-0.2, 0) is 54.7 Å². The molecule has 0 aromatic heterocycles. The molecular formula is C58H56Cl4N2O11. The summed E-state index contributed by atoms with van der Waals surface area (Å²) in [6.07, 6.45) is -0.00739. The van der Waals surface area contributed by atoms with Crippen LogP contribution in [0.15, 0.2) is 151 Å². The van der Waals surface area contributed by atoms with E-state index in [4.69, 9.17) is 65.4 Å². The highest BCUT2D eigenvalue weighted by molar-refractivity contribution is 6.33. The lowest BCUT2D eigenvalue weighted by Gasteiger charge is -2.19. The molecule has 0 unspecified atom stereocenters. The van der Waals surface area contributed by atoms with Crippen molar-refractivity contribution in [1.29, 1.82) is 0 Å². The van der Waals surface area contributed by atoms with Crippen LogP contribution in [-0.4, -0.2) is 53.1 Å². The Morgan fingerprint density at radius 3 is 1.37 bits per heavy atom. The van der Waals surface area contributed by atoms with E-state index in [1.807, 2.05) is 66.0 Å². The Morgan fingerprint density at radius 1 is 0.507 bits per heavy atom. The molecule has 13 nitrogen and oxygen atoms in total. The number of carbonyl (C=O) groups is 7. The topological polar surface area (TPSA) is 180 Å². The number of alkyl carbamates (subject to hydrolysis) is 2. The third-order valence-electron chi connectivity index (χ3n) is 9.58. The van der Waals surface area contributed by atoms with Crippen molar-refractivity contribution in [1.82, 2.24) is 10.6 Å². The van der Waals surface area contributed by atoms with Crippen molar-refractivity contribution in [2.75, 3.05) is 0 Å². The predicted molar refractivity (Wildman–Crippen MR) is 292 cm³/mol. The Labute approximate surface area is 456 Å². The van der Waals surface area contributed by atoms with Gasteiger partial charge in [0.25, 0.3) is 5.91 Å². The molecule has 0 saturated carbocycles. The summed E-state index contributed by atoms with van der Waals surface area (Å²) in [5, 5.41) is 6.01.